The lowest BCUT2D eigenvalue weighted by molar-refractivity contribution is 0.0259. The average molecular weight is 372 g/mol. The van der Waals surface area contributed by atoms with Gasteiger partial charge in [-0.05, 0) is 56.7 Å². The number of likely N-dealkylation sites (tertiary alicyclic amines) is 1. The Labute approximate surface area is 152 Å². The highest BCUT2D eigenvalue weighted by molar-refractivity contribution is 6.42. The summed E-state index contributed by atoms with van der Waals surface area (Å²) < 4.78 is 5.50. The van der Waals surface area contributed by atoms with Crippen molar-refractivity contribution in [1.82, 2.24) is 4.90 Å². The zero-order chi connectivity index (χ0) is 17.7. The fourth-order valence-corrected chi connectivity index (χ4v) is 4.41. The van der Waals surface area contributed by atoms with Crippen molar-refractivity contribution in [1.29, 1.82) is 0 Å². The molecular formula is C18H23Cl2NO3. The summed E-state index contributed by atoms with van der Waals surface area (Å²) in [5, 5.41) is 10.4. The molecule has 4 nitrogen and oxygen atoms in total. The molecule has 3 rings (SSSR count). The first-order chi connectivity index (χ1) is 11.2. The number of nitrogens with zero attached hydrogens (tertiary/aromatic N) is 1. The summed E-state index contributed by atoms with van der Waals surface area (Å²) in [7, 11) is 0. The van der Waals surface area contributed by atoms with Crippen molar-refractivity contribution in [3.63, 3.8) is 0 Å². The monoisotopic (exact) mass is 371 g/mol. The smallest absolute Gasteiger partial charge is 0.410 e. The van der Waals surface area contributed by atoms with E-state index < -0.39 is 5.60 Å². The first-order valence-electron chi connectivity index (χ1n) is 8.23. The molecule has 24 heavy (non-hydrogen) atoms. The maximum atomic E-state index is 12.4. The minimum absolute atomic E-state index is 0.145. The Morgan fingerprint density at radius 2 is 2.08 bits per heavy atom. The van der Waals surface area contributed by atoms with E-state index in [1.165, 1.54) is 0 Å². The second kappa shape index (κ2) is 6.08. The third-order valence-electron chi connectivity index (χ3n) is 5.12. The summed E-state index contributed by atoms with van der Waals surface area (Å²) in [5.74, 6) is 0.688. The summed E-state index contributed by atoms with van der Waals surface area (Å²) in [5.41, 5.74) is 0.435. The van der Waals surface area contributed by atoms with Crippen molar-refractivity contribution in [2.45, 2.75) is 38.2 Å². The molecule has 0 radical (unpaired) electrons. The van der Waals surface area contributed by atoms with Crippen molar-refractivity contribution in [3.05, 3.63) is 33.8 Å². The van der Waals surface area contributed by atoms with Gasteiger partial charge in [0.15, 0.2) is 0 Å². The number of fused-ring (bicyclic) bond motifs is 1. The SMILES string of the molecule is CC(C)(C)OC(=O)N1C[C@@H]2[C@@H](CCO)[C@]2(c2ccc(Cl)c(Cl)c2)C1. The second-order valence-electron chi connectivity index (χ2n) is 7.76. The molecule has 2 fully saturated rings. The van der Waals surface area contributed by atoms with Gasteiger partial charge in [0.2, 0.25) is 0 Å². The maximum Gasteiger partial charge on any atom is 0.410 e. The molecule has 1 aromatic carbocycles. The van der Waals surface area contributed by atoms with Crippen LogP contribution in [0.5, 0.6) is 0 Å². The van der Waals surface area contributed by atoms with Crippen LogP contribution >= 0.6 is 23.2 Å². The molecule has 3 atom stereocenters. The number of benzene rings is 1. The molecule has 1 aliphatic carbocycles. The van der Waals surface area contributed by atoms with Gasteiger partial charge >= 0.3 is 6.09 Å². The fourth-order valence-electron chi connectivity index (χ4n) is 4.12. The predicted molar refractivity (Wildman–Crippen MR) is 94.6 cm³/mol. The Hall–Kier alpha value is -0.970. The number of amides is 1. The van der Waals surface area contributed by atoms with Gasteiger partial charge in [0, 0.05) is 25.1 Å². The Kier molecular flexibility index (Phi) is 4.52. The lowest BCUT2D eigenvalue weighted by Crippen LogP contribution is -2.39. The van der Waals surface area contributed by atoms with E-state index in [2.05, 4.69) is 0 Å². The molecule has 2 aliphatic rings. The summed E-state index contributed by atoms with van der Waals surface area (Å²) in [6.45, 7) is 6.99. The molecular weight excluding hydrogens is 349 g/mol. The van der Waals surface area contributed by atoms with Crippen molar-refractivity contribution in [2.24, 2.45) is 11.8 Å². The Balaban J connectivity index is 1.84. The lowest BCUT2D eigenvalue weighted by Gasteiger charge is -2.28. The number of halogens is 2. The van der Waals surface area contributed by atoms with Crippen molar-refractivity contribution >= 4 is 29.3 Å². The fraction of sp³-hybridized carbons (Fsp3) is 0.611. The van der Waals surface area contributed by atoms with Gasteiger partial charge in [-0.25, -0.2) is 4.79 Å². The van der Waals surface area contributed by atoms with Gasteiger partial charge in [0.1, 0.15) is 5.60 Å². The highest BCUT2D eigenvalue weighted by atomic mass is 35.5. The molecule has 0 aromatic heterocycles. The van der Waals surface area contributed by atoms with Gasteiger partial charge < -0.3 is 14.7 Å². The van der Waals surface area contributed by atoms with Crippen LogP contribution in [0.2, 0.25) is 10.0 Å². The number of aliphatic hydroxyl groups excluding tert-OH is 1. The number of aliphatic hydroxyl groups is 1. The van der Waals surface area contributed by atoms with Gasteiger partial charge in [0.05, 0.1) is 10.0 Å². The van der Waals surface area contributed by atoms with Gasteiger partial charge in [-0.1, -0.05) is 29.3 Å². The third kappa shape index (κ3) is 3.00. The molecule has 1 aliphatic heterocycles. The number of rotatable bonds is 3. The molecule has 0 spiro atoms. The van der Waals surface area contributed by atoms with E-state index in [0.717, 1.165) is 12.0 Å². The van der Waals surface area contributed by atoms with Crippen molar-refractivity contribution in [2.75, 3.05) is 19.7 Å². The Morgan fingerprint density at radius 1 is 1.38 bits per heavy atom. The van der Waals surface area contributed by atoms with E-state index in [-0.39, 0.29) is 18.1 Å². The van der Waals surface area contributed by atoms with E-state index in [1.807, 2.05) is 32.9 Å². The van der Waals surface area contributed by atoms with Crippen LogP contribution in [0.25, 0.3) is 0 Å². The normalized spacial score (nSPS) is 28.7. The van der Waals surface area contributed by atoms with E-state index in [9.17, 15) is 9.90 Å². The third-order valence-corrected chi connectivity index (χ3v) is 5.86. The largest absolute Gasteiger partial charge is 0.444 e. The van der Waals surface area contributed by atoms with E-state index in [4.69, 9.17) is 27.9 Å². The molecule has 1 saturated carbocycles. The molecule has 0 unspecified atom stereocenters. The number of carbonyl (C=O) groups is 1. The number of ether oxygens (including phenoxy) is 1. The van der Waals surface area contributed by atoms with Crippen LogP contribution in [0, 0.1) is 11.8 Å². The van der Waals surface area contributed by atoms with Crippen molar-refractivity contribution < 1.29 is 14.6 Å². The summed E-state index contributed by atoms with van der Waals surface area (Å²) in [4.78, 5) is 14.2. The van der Waals surface area contributed by atoms with Crippen LogP contribution in [0.15, 0.2) is 18.2 Å². The quantitative estimate of drug-likeness (QED) is 0.869. The van der Waals surface area contributed by atoms with E-state index in [1.54, 1.807) is 11.0 Å². The predicted octanol–water partition coefficient (Wildman–Crippen LogP) is 4.11. The second-order valence-corrected chi connectivity index (χ2v) is 8.57. The number of hydrogen-bond acceptors (Lipinski definition) is 3. The average Bonchev–Trinajstić information content (AvgIpc) is 2.89. The molecule has 1 heterocycles. The highest BCUT2D eigenvalue weighted by Gasteiger charge is 2.69. The van der Waals surface area contributed by atoms with Gasteiger partial charge in [-0.3, -0.25) is 0 Å². The Bertz CT molecular complexity index is 658. The topological polar surface area (TPSA) is 49.8 Å². The van der Waals surface area contributed by atoms with Crippen LogP contribution in [-0.2, 0) is 10.2 Å². The summed E-state index contributed by atoms with van der Waals surface area (Å²) in [6, 6.07) is 5.68. The molecule has 1 saturated heterocycles. The summed E-state index contributed by atoms with van der Waals surface area (Å²) in [6.07, 6.45) is 0.449. The van der Waals surface area contributed by atoms with E-state index >= 15 is 0 Å². The van der Waals surface area contributed by atoms with Crippen LogP contribution in [-0.4, -0.2) is 41.4 Å². The van der Waals surface area contributed by atoms with E-state index in [0.29, 0.717) is 35.0 Å². The minimum atomic E-state index is -0.509. The van der Waals surface area contributed by atoms with Gasteiger partial charge in [-0.2, -0.15) is 0 Å². The maximum absolute atomic E-state index is 12.4. The first-order valence-corrected chi connectivity index (χ1v) is 8.99. The van der Waals surface area contributed by atoms with Crippen LogP contribution < -0.4 is 0 Å². The number of piperidine rings is 1. The summed E-state index contributed by atoms with van der Waals surface area (Å²) >= 11 is 12.2. The molecule has 0 bridgehead atoms. The highest BCUT2D eigenvalue weighted by Crippen LogP contribution is 2.65. The first kappa shape index (κ1) is 17.8. The lowest BCUT2D eigenvalue weighted by atomic mass is 9.92. The zero-order valence-corrected chi connectivity index (χ0v) is 15.7. The van der Waals surface area contributed by atoms with Crippen molar-refractivity contribution in [3.8, 4) is 0 Å². The molecule has 1 N–H and O–H groups in total. The molecule has 6 heteroatoms. The number of carbonyl (C=O) groups excluding carboxylic acids is 1. The van der Waals surface area contributed by atoms with Crippen LogP contribution in [0.1, 0.15) is 32.8 Å². The number of hydrogen-bond donors (Lipinski definition) is 1. The molecule has 1 amide bonds. The molecule has 132 valence electrons. The minimum Gasteiger partial charge on any atom is -0.444 e. The van der Waals surface area contributed by atoms with Crippen LogP contribution in [0.4, 0.5) is 4.79 Å². The standard InChI is InChI=1S/C18H23Cl2NO3/c1-17(2,3)24-16(23)21-9-13-12(6-7-22)18(13,10-21)11-4-5-14(19)15(20)8-11/h4-5,8,12-13,22H,6-7,9-10H2,1-3H3/t12-,13-,18-/m1/s1. The van der Waals surface area contributed by atoms with Crippen LogP contribution in [0.3, 0.4) is 0 Å². The zero-order valence-electron chi connectivity index (χ0n) is 14.2. The van der Waals surface area contributed by atoms with Gasteiger partial charge in [0.25, 0.3) is 0 Å². The van der Waals surface area contributed by atoms with Gasteiger partial charge in [-0.15, -0.1) is 0 Å². The Morgan fingerprint density at radius 3 is 2.67 bits per heavy atom. The molecule has 1 aromatic rings.